The van der Waals surface area contributed by atoms with Gasteiger partial charge in [0.1, 0.15) is 5.54 Å². The summed E-state index contributed by atoms with van der Waals surface area (Å²) in [5.74, 6) is -0.255. The highest BCUT2D eigenvalue weighted by Gasteiger charge is 2.48. The number of halogens is 1. The molecule has 1 unspecified atom stereocenters. The third-order valence-corrected chi connectivity index (χ3v) is 9.09. The normalized spacial score (nSPS) is 22.7. The zero-order valence-corrected chi connectivity index (χ0v) is 21.4. The summed E-state index contributed by atoms with van der Waals surface area (Å²) in [4.78, 5) is 15.3. The van der Waals surface area contributed by atoms with Crippen LogP contribution in [0.1, 0.15) is 18.9 Å². The molecule has 3 aromatic carbocycles. The topological polar surface area (TPSA) is 93.6 Å². The molecule has 36 heavy (non-hydrogen) atoms. The van der Waals surface area contributed by atoms with E-state index in [-0.39, 0.29) is 29.2 Å². The van der Waals surface area contributed by atoms with E-state index in [1.165, 1.54) is 9.21 Å². The van der Waals surface area contributed by atoms with Gasteiger partial charge in [-0.15, -0.1) is 0 Å². The Hall–Kier alpha value is -3.20. The van der Waals surface area contributed by atoms with Gasteiger partial charge in [0.25, 0.3) is 5.91 Å². The number of nitrogens with zero attached hydrogens (tertiary/aromatic N) is 2. The summed E-state index contributed by atoms with van der Waals surface area (Å²) >= 11 is 6.16. The molecule has 2 aliphatic heterocycles. The molecule has 2 atom stereocenters. The lowest BCUT2D eigenvalue weighted by Gasteiger charge is -2.24. The predicted octanol–water partition coefficient (Wildman–Crippen LogP) is 4.30. The van der Waals surface area contributed by atoms with Gasteiger partial charge < -0.3 is 5.32 Å². The zero-order chi connectivity index (χ0) is 25.5. The Labute approximate surface area is 216 Å². The highest BCUT2D eigenvalue weighted by molar-refractivity contribution is 7.89. The number of guanidine groups is 1. The first kappa shape index (κ1) is 24.5. The van der Waals surface area contributed by atoms with Crippen LogP contribution in [0.25, 0.3) is 11.1 Å². The quantitative estimate of drug-likeness (QED) is 0.504. The van der Waals surface area contributed by atoms with E-state index in [4.69, 9.17) is 17.0 Å². The number of amides is 1. The molecule has 2 saturated heterocycles. The first-order chi connectivity index (χ1) is 17.2. The number of carbonyl (C=O) groups is 1. The second-order valence-electron chi connectivity index (χ2n) is 9.44. The second-order valence-corrected chi connectivity index (χ2v) is 11.8. The monoisotopic (exact) mass is 522 g/mol. The van der Waals surface area contributed by atoms with Crippen molar-refractivity contribution in [2.75, 3.05) is 19.6 Å². The summed E-state index contributed by atoms with van der Waals surface area (Å²) in [6.45, 7) is 2.77. The first-order valence-corrected chi connectivity index (χ1v) is 13.6. The van der Waals surface area contributed by atoms with Crippen molar-refractivity contribution in [3.8, 4) is 11.1 Å². The van der Waals surface area contributed by atoms with Crippen LogP contribution in [-0.2, 0) is 20.4 Å². The molecule has 0 aromatic heterocycles. The Bertz CT molecular complexity index is 1430. The smallest absolute Gasteiger partial charge is 0.259 e. The number of rotatable bonds is 6. The summed E-state index contributed by atoms with van der Waals surface area (Å²) in [5, 5.41) is 12.2. The summed E-state index contributed by atoms with van der Waals surface area (Å²) in [6, 6.07) is 23.6. The Morgan fingerprint density at radius 1 is 1.03 bits per heavy atom. The van der Waals surface area contributed by atoms with E-state index in [0.29, 0.717) is 24.5 Å². The van der Waals surface area contributed by atoms with Gasteiger partial charge in [-0.05, 0) is 66.3 Å². The third-order valence-electron chi connectivity index (χ3n) is 6.98. The van der Waals surface area contributed by atoms with Crippen LogP contribution < -0.4 is 5.32 Å². The molecule has 0 spiro atoms. The Balaban J connectivity index is 1.32. The van der Waals surface area contributed by atoms with Crippen LogP contribution in [0.2, 0.25) is 5.02 Å². The molecule has 5 rings (SSSR count). The van der Waals surface area contributed by atoms with E-state index < -0.39 is 15.6 Å². The largest absolute Gasteiger partial charge is 0.338 e. The SMILES string of the molecule is CC1(c2cccc(-c3cccc(Cl)c3)c2)NC(=N)N(C[C@H]2CCN(S(=O)(=O)c3ccccc3)C2)C1=O. The molecule has 9 heteroatoms. The van der Waals surface area contributed by atoms with E-state index in [0.717, 1.165) is 16.7 Å². The van der Waals surface area contributed by atoms with Crippen LogP contribution >= 0.6 is 11.6 Å². The molecule has 0 saturated carbocycles. The zero-order valence-electron chi connectivity index (χ0n) is 19.8. The summed E-state index contributed by atoms with van der Waals surface area (Å²) < 4.78 is 27.4. The van der Waals surface area contributed by atoms with Gasteiger partial charge in [-0.25, -0.2) is 8.42 Å². The first-order valence-electron chi connectivity index (χ1n) is 11.8. The molecule has 2 fully saturated rings. The molecular formula is C27H27ClN4O3S. The molecule has 3 aromatic rings. The van der Waals surface area contributed by atoms with Gasteiger partial charge in [-0.1, -0.05) is 60.1 Å². The van der Waals surface area contributed by atoms with E-state index >= 15 is 0 Å². The molecule has 2 aliphatic rings. The van der Waals surface area contributed by atoms with Crippen LogP contribution in [0, 0.1) is 11.3 Å². The number of hydrogen-bond acceptors (Lipinski definition) is 4. The van der Waals surface area contributed by atoms with Crippen LogP contribution in [0.5, 0.6) is 0 Å². The van der Waals surface area contributed by atoms with E-state index in [1.807, 2.05) is 48.5 Å². The Morgan fingerprint density at radius 3 is 2.44 bits per heavy atom. The number of benzene rings is 3. The molecule has 0 aliphatic carbocycles. The Kier molecular flexibility index (Phi) is 6.36. The van der Waals surface area contributed by atoms with Crippen molar-refractivity contribution in [3.05, 3.63) is 89.4 Å². The van der Waals surface area contributed by atoms with Gasteiger partial charge >= 0.3 is 0 Å². The molecular weight excluding hydrogens is 496 g/mol. The lowest BCUT2D eigenvalue weighted by atomic mass is 9.89. The van der Waals surface area contributed by atoms with Crippen molar-refractivity contribution < 1.29 is 13.2 Å². The molecule has 0 radical (unpaired) electrons. The average molecular weight is 523 g/mol. The van der Waals surface area contributed by atoms with E-state index in [9.17, 15) is 13.2 Å². The fraction of sp³-hybridized carbons (Fsp3) is 0.259. The highest BCUT2D eigenvalue weighted by Crippen LogP contribution is 2.33. The minimum absolute atomic E-state index is 0.0278. The van der Waals surface area contributed by atoms with Crippen molar-refractivity contribution in [2.24, 2.45) is 5.92 Å². The molecule has 2 heterocycles. The Morgan fingerprint density at radius 2 is 1.72 bits per heavy atom. The second kappa shape index (κ2) is 9.35. The third kappa shape index (κ3) is 4.40. The van der Waals surface area contributed by atoms with Gasteiger partial charge in [0, 0.05) is 24.7 Å². The van der Waals surface area contributed by atoms with Crippen LogP contribution in [-0.4, -0.2) is 49.1 Å². The van der Waals surface area contributed by atoms with Gasteiger partial charge in [0.15, 0.2) is 5.96 Å². The maximum absolute atomic E-state index is 13.6. The minimum atomic E-state index is -3.58. The van der Waals surface area contributed by atoms with Crippen LogP contribution in [0.4, 0.5) is 0 Å². The fourth-order valence-electron chi connectivity index (χ4n) is 4.94. The molecule has 186 valence electrons. The van der Waals surface area contributed by atoms with Crippen molar-refractivity contribution in [1.29, 1.82) is 5.41 Å². The number of hydrogen-bond donors (Lipinski definition) is 2. The summed E-state index contributed by atoms with van der Waals surface area (Å²) in [7, 11) is -3.58. The molecule has 2 N–H and O–H groups in total. The fourth-order valence-corrected chi connectivity index (χ4v) is 6.68. The van der Waals surface area contributed by atoms with Gasteiger partial charge in [0.2, 0.25) is 10.0 Å². The minimum Gasteiger partial charge on any atom is -0.338 e. The number of carbonyl (C=O) groups excluding carboxylic acids is 1. The van der Waals surface area contributed by atoms with Crippen molar-refractivity contribution >= 4 is 33.5 Å². The van der Waals surface area contributed by atoms with Crippen LogP contribution in [0.15, 0.2) is 83.8 Å². The molecule has 1 amide bonds. The van der Waals surface area contributed by atoms with Crippen molar-refractivity contribution in [1.82, 2.24) is 14.5 Å². The van der Waals surface area contributed by atoms with Crippen molar-refractivity contribution in [3.63, 3.8) is 0 Å². The summed E-state index contributed by atoms with van der Waals surface area (Å²) in [5.41, 5.74) is 1.52. The molecule has 0 bridgehead atoms. The van der Waals surface area contributed by atoms with E-state index in [1.54, 1.807) is 37.3 Å². The summed E-state index contributed by atoms with van der Waals surface area (Å²) in [6.07, 6.45) is 0.629. The van der Waals surface area contributed by atoms with Gasteiger partial charge in [0.05, 0.1) is 4.90 Å². The molecule has 7 nitrogen and oxygen atoms in total. The lowest BCUT2D eigenvalue weighted by molar-refractivity contribution is -0.131. The standard InChI is InChI=1S/C27H27ClN4O3S/c1-27(22-9-5-7-20(15-22)21-8-6-10-23(28)16-21)25(33)32(26(29)30-27)18-19-13-14-31(17-19)36(34,35)24-11-3-2-4-12-24/h2-12,15-16,19H,13-14,17-18H2,1H3,(H2,29,30)/t19-,27?/m0/s1. The number of sulfonamides is 1. The average Bonchev–Trinajstić information content (AvgIpc) is 3.44. The van der Waals surface area contributed by atoms with Crippen LogP contribution in [0.3, 0.4) is 0 Å². The predicted molar refractivity (Wildman–Crippen MR) is 140 cm³/mol. The number of nitrogens with one attached hydrogen (secondary N) is 2. The highest BCUT2D eigenvalue weighted by atomic mass is 35.5. The van der Waals surface area contributed by atoms with E-state index in [2.05, 4.69) is 5.32 Å². The van der Waals surface area contributed by atoms with Gasteiger partial charge in [-0.3, -0.25) is 15.1 Å². The van der Waals surface area contributed by atoms with Gasteiger partial charge in [-0.2, -0.15) is 4.31 Å². The maximum Gasteiger partial charge on any atom is 0.259 e. The maximum atomic E-state index is 13.6. The lowest BCUT2D eigenvalue weighted by Crippen LogP contribution is -2.41. The van der Waals surface area contributed by atoms with Crippen molar-refractivity contribution in [2.45, 2.75) is 23.8 Å².